The lowest BCUT2D eigenvalue weighted by molar-refractivity contribution is 0.0718. The van der Waals surface area contributed by atoms with E-state index in [1.807, 2.05) is 61.3 Å². The molecule has 1 heterocycles. The van der Waals surface area contributed by atoms with Crippen molar-refractivity contribution in [1.82, 2.24) is 14.7 Å². The van der Waals surface area contributed by atoms with E-state index in [-0.39, 0.29) is 5.91 Å². The highest BCUT2D eigenvalue weighted by Gasteiger charge is 2.29. The van der Waals surface area contributed by atoms with Gasteiger partial charge in [0.1, 0.15) is 11.4 Å². The standard InChI is InChI=1S/C24H25BrClN3O2/c1-15-10-19(31-3)8-7-18(15)14-29(13-16-4-9-20(25)21(26)11-16)24(30)23-12-22(17-5-6-17)27-28(23)2/h4,7-12,17H,5-6,13-14H2,1-3H3. The second kappa shape index (κ2) is 9.05. The minimum Gasteiger partial charge on any atom is -0.497 e. The number of ether oxygens (including phenoxy) is 1. The molecule has 2 aromatic carbocycles. The van der Waals surface area contributed by atoms with Gasteiger partial charge < -0.3 is 9.64 Å². The van der Waals surface area contributed by atoms with E-state index in [1.54, 1.807) is 11.8 Å². The maximum absolute atomic E-state index is 13.6. The van der Waals surface area contributed by atoms with Crippen molar-refractivity contribution in [3.63, 3.8) is 0 Å². The summed E-state index contributed by atoms with van der Waals surface area (Å²) in [5.74, 6) is 1.26. The third-order valence-corrected chi connectivity index (χ3v) is 6.90. The van der Waals surface area contributed by atoms with Gasteiger partial charge in [-0.3, -0.25) is 9.48 Å². The van der Waals surface area contributed by atoms with Gasteiger partial charge in [-0.2, -0.15) is 5.10 Å². The van der Waals surface area contributed by atoms with Gasteiger partial charge in [-0.15, -0.1) is 0 Å². The van der Waals surface area contributed by atoms with Crippen LogP contribution >= 0.6 is 27.5 Å². The lowest BCUT2D eigenvalue weighted by Gasteiger charge is -2.24. The summed E-state index contributed by atoms with van der Waals surface area (Å²) in [4.78, 5) is 15.5. The number of aromatic nitrogens is 2. The zero-order chi connectivity index (χ0) is 22.1. The molecule has 1 aliphatic rings. The Bertz CT molecular complexity index is 1120. The fourth-order valence-electron chi connectivity index (χ4n) is 3.67. The highest BCUT2D eigenvalue weighted by Crippen LogP contribution is 2.39. The van der Waals surface area contributed by atoms with Crippen molar-refractivity contribution >= 4 is 33.4 Å². The highest BCUT2D eigenvalue weighted by molar-refractivity contribution is 9.10. The quantitative estimate of drug-likeness (QED) is 0.406. The summed E-state index contributed by atoms with van der Waals surface area (Å²) in [6, 6.07) is 13.7. The van der Waals surface area contributed by atoms with Gasteiger partial charge in [-0.05, 0) is 82.7 Å². The molecule has 0 radical (unpaired) electrons. The summed E-state index contributed by atoms with van der Waals surface area (Å²) >= 11 is 9.74. The van der Waals surface area contributed by atoms with Crippen LogP contribution in [0.15, 0.2) is 46.9 Å². The molecular weight excluding hydrogens is 478 g/mol. The summed E-state index contributed by atoms with van der Waals surface area (Å²) in [6.45, 7) is 2.96. The Morgan fingerprint density at radius 1 is 1.23 bits per heavy atom. The fraction of sp³-hybridized carbons (Fsp3) is 0.333. The first-order valence-electron chi connectivity index (χ1n) is 10.3. The summed E-state index contributed by atoms with van der Waals surface area (Å²) in [6.07, 6.45) is 2.30. The van der Waals surface area contributed by atoms with Gasteiger partial charge in [0.2, 0.25) is 0 Å². The van der Waals surface area contributed by atoms with Crippen molar-refractivity contribution in [3.8, 4) is 5.75 Å². The number of halogens is 2. The Labute approximate surface area is 196 Å². The number of nitrogens with zero attached hydrogens (tertiary/aromatic N) is 3. The van der Waals surface area contributed by atoms with Crippen LogP contribution in [0.3, 0.4) is 0 Å². The molecule has 1 aliphatic carbocycles. The zero-order valence-electron chi connectivity index (χ0n) is 17.9. The summed E-state index contributed by atoms with van der Waals surface area (Å²) in [7, 11) is 3.49. The molecule has 31 heavy (non-hydrogen) atoms. The van der Waals surface area contributed by atoms with Crippen molar-refractivity contribution in [3.05, 3.63) is 80.0 Å². The molecule has 4 rings (SSSR count). The Hall–Kier alpha value is -2.31. The average Bonchev–Trinajstić information content (AvgIpc) is 3.53. The molecular formula is C24H25BrClN3O2. The first-order chi connectivity index (χ1) is 14.9. The molecule has 0 bridgehead atoms. The first kappa shape index (κ1) is 21.9. The predicted molar refractivity (Wildman–Crippen MR) is 126 cm³/mol. The molecule has 1 aromatic heterocycles. The fourth-order valence-corrected chi connectivity index (χ4v) is 4.12. The molecule has 0 unspecified atom stereocenters. The van der Waals surface area contributed by atoms with Gasteiger partial charge in [-0.25, -0.2) is 0 Å². The van der Waals surface area contributed by atoms with Crippen LogP contribution in [0.5, 0.6) is 5.75 Å². The normalized spacial score (nSPS) is 13.3. The molecule has 0 atom stereocenters. The molecule has 0 aliphatic heterocycles. The summed E-state index contributed by atoms with van der Waals surface area (Å²) in [5, 5.41) is 5.21. The van der Waals surface area contributed by atoms with Crippen LogP contribution in [0, 0.1) is 6.92 Å². The number of hydrogen-bond acceptors (Lipinski definition) is 3. The van der Waals surface area contributed by atoms with Gasteiger partial charge in [0.05, 0.1) is 17.8 Å². The molecule has 1 amide bonds. The molecule has 0 N–H and O–H groups in total. The second-order valence-electron chi connectivity index (χ2n) is 8.05. The van der Waals surface area contributed by atoms with E-state index in [0.29, 0.717) is 29.7 Å². The van der Waals surface area contributed by atoms with Crippen LogP contribution in [0.1, 0.15) is 51.6 Å². The van der Waals surface area contributed by atoms with Gasteiger partial charge >= 0.3 is 0 Å². The van der Waals surface area contributed by atoms with Crippen molar-refractivity contribution in [1.29, 1.82) is 0 Å². The second-order valence-corrected chi connectivity index (χ2v) is 9.32. The maximum Gasteiger partial charge on any atom is 0.272 e. The molecule has 0 spiro atoms. The third kappa shape index (κ3) is 4.96. The van der Waals surface area contributed by atoms with Crippen molar-refractivity contribution in [2.75, 3.05) is 7.11 Å². The zero-order valence-corrected chi connectivity index (χ0v) is 20.2. The monoisotopic (exact) mass is 501 g/mol. The smallest absolute Gasteiger partial charge is 0.272 e. The van der Waals surface area contributed by atoms with Crippen LogP contribution in [-0.4, -0.2) is 27.7 Å². The Morgan fingerprint density at radius 2 is 2.00 bits per heavy atom. The van der Waals surface area contributed by atoms with Crippen LogP contribution in [0.25, 0.3) is 0 Å². The van der Waals surface area contributed by atoms with E-state index in [9.17, 15) is 4.79 Å². The molecule has 0 saturated heterocycles. The van der Waals surface area contributed by atoms with E-state index in [4.69, 9.17) is 16.3 Å². The van der Waals surface area contributed by atoms with Crippen molar-refractivity contribution in [2.24, 2.45) is 7.05 Å². The number of hydrogen-bond donors (Lipinski definition) is 0. The molecule has 162 valence electrons. The largest absolute Gasteiger partial charge is 0.497 e. The van der Waals surface area contributed by atoms with E-state index in [2.05, 4.69) is 21.0 Å². The summed E-state index contributed by atoms with van der Waals surface area (Å²) < 4.78 is 7.87. The minimum atomic E-state index is -0.0452. The number of carbonyl (C=O) groups is 1. The number of benzene rings is 2. The van der Waals surface area contributed by atoms with Gasteiger partial charge in [0, 0.05) is 30.5 Å². The lowest BCUT2D eigenvalue weighted by Crippen LogP contribution is -2.31. The molecule has 5 nitrogen and oxygen atoms in total. The topological polar surface area (TPSA) is 47.4 Å². The van der Waals surface area contributed by atoms with Gasteiger partial charge in [-0.1, -0.05) is 23.7 Å². The third-order valence-electron chi connectivity index (χ3n) is 5.67. The molecule has 1 saturated carbocycles. The number of amides is 1. The number of rotatable bonds is 7. The lowest BCUT2D eigenvalue weighted by atomic mass is 10.1. The minimum absolute atomic E-state index is 0.0452. The maximum atomic E-state index is 13.6. The Morgan fingerprint density at radius 3 is 2.65 bits per heavy atom. The van der Waals surface area contributed by atoms with Gasteiger partial charge in [0.25, 0.3) is 5.91 Å². The molecule has 3 aromatic rings. The van der Waals surface area contributed by atoms with Crippen LogP contribution < -0.4 is 4.74 Å². The Kier molecular flexibility index (Phi) is 6.39. The SMILES string of the molecule is COc1ccc(CN(Cc2ccc(Br)c(Cl)c2)C(=O)c2cc(C3CC3)nn2C)c(C)c1. The van der Waals surface area contributed by atoms with Gasteiger partial charge in [0.15, 0.2) is 0 Å². The van der Waals surface area contributed by atoms with Crippen LogP contribution in [0.4, 0.5) is 0 Å². The average molecular weight is 503 g/mol. The number of methoxy groups -OCH3 is 1. The molecule has 7 heteroatoms. The number of carbonyl (C=O) groups excluding carboxylic acids is 1. The number of aryl methyl sites for hydroxylation is 2. The van der Waals surface area contributed by atoms with E-state index in [0.717, 1.165) is 45.4 Å². The van der Waals surface area contributed by atoms with Crippen molar-refractivity contribution < 1.29 is 9.53 Å². The highest BCUT2D eigenvalue weighted by atomic mass is 79.9. The van der Waals surface area contributed by atoms with E-state index >= 15 is 0 Å². The Balaban J connectivity index is 1.65. The first-order valence-corrected chi connectivity index (χ1v) is 11.4. The van der Waals surface area contributed by atoms with E-state index < -0.39 is 0 Å². The van der Waals surface area contributed by atoms with Crippen molar-refractivity contribution in [2.45, 2.75) is 38.8 Å². The summed E-state index contributed by atoms with van der Waals surface area (Å²) in [5.41, 5.74) is 4.74. The van der Waals surface area contributed by atoms with Crippen LogP contribution in [0.2, 0.25) is 5.02 Å². The predicted octanol–water partition coefficient (Wildman–Crippen LogP) is 5.87. The molecule has 1 fully saturated rings. The van der Waals surface area contributed by atoms with Crippen LogP contribution in [-0.2, 0) is 20.1 Å². The van der Waals surface area contributed by atoms with E-state index in [1.165, 1.54) is 0 Å².